The van der Waals surface area contributed by atoms with Crippen molar-refractivity contribution >= 4 is 23.0 Å². The minimum Gasteiger partial charge on any atom is -0.434 e. The molecule has 3 rings (SSSR count). The van der Waals surface area contributed by atoms with Crippen LogP contribution in [0.1, 0.15) is 24.4 Å². The number of hydrogen-bond acceptors (Lipinski definition) is 3. The number of halogens is 2. The van der Waals surface area contributed by atoms with E-state index in [1.54, 1.807) is 25.1 Å². The third kappa shape index (κ3) is 4.24. The number of aromatic nitrogens is 2. The predicted octanol–water partition coefficient (Wildman–Crippen LogP) is 4.05. The minimum absolute atomic E-state index is 0.0110. The van der Waals surface area contributed by atoms with Crippen LogP contribution in [-0.4, -0.2) is 22.5 Å². The second-order valence-corrected chi connectivity index (χ2v) is 5.62. The topological polar surface area (TPSA) is 67.0 Å². The van der Waals surface area contributed by atoms with Crippen molar-refractivity contribution in [1.29, 1.82) is 0 Å². The van der Waals surface area contributed by atoms with Crippen LogP contribution in [0.15, 0.2) is 54.6 Å². The van der Waals surface area contributed by atoms with Gasteiger partial charge in [0.15, 0.2) is 0 Å². The summed E-state index contributed by atoms with van der Waals surface area (Å²) in [7, 11) is 0. The fourth-order valence-corrected chi connectivity index (χ4v) is 2.49. The summed E-state index contributed by atoms with van der Waals surface area (Å²) in [6.07, 6.45) is 2.70. The average Bonchev–Trinajstić information content (AvgIpc) is 3.05. The first-order valence-electron chi connectivity index (χ1n) is 8.00. The minimum atomic E-state index is -2.92. The van der Waals surface area contributed by atoms with E-state index in [2.05, 4.69) is 20.0 Å². The lowest BCUT2D eigenvalue weighted by Gasteiger charge is -2.10. The van der Waals surface area contributed by atoms with Crippen molar-refractivity contribution in [1.82, 2.24) is 15.3 Å². The van der Waals surface area contributed by atoms with Crippen LogP contribution in [0.25, 0.3) is 17.1 Å². The Kier molecular flexibility index (Phi) is 5.26. The Balaban J connectivity index is 1.67. The van der Waals surface area contributed by atoms with Crippen molar-refractivity contribution in [2.75, 3.05) is 0 Å². The monoisotopic (exact) mass is 357 g/mol. The van der Waals surface area contributed by atoms with E-state index in [0.29, 0.717) is 11.4 Å². The zero-order valence-electron chi connectivity index (χ0n) is 13.9. The summed E-state index contributed by atoms with van der Waals surface area (Å²) in [6, 6.07) is 13.5. The van der Waals surface area contributed by atoms with E-state index in [0.717, 1.165) is 11.0 Å². The fourth-order valence-electron chi connectivity index (χ4n) is 2.49. The molecular formula is C19H17F2N3O2. The van der Waals surface area contributed by atoms with Crippen LogP contribution in [0.5, 0.6) is 5.75 Å². The maximum absolute atomic E-state index is 12.4. The normalized spacial score (nSPS) is 12.6. The first-order chi connectivity index (χ1) is 12.5. The quantitative estimate of drug-likeness (QED) is 0.654. The fraction of sp³-hybridized carbons (Fsp3) is 0.158. The van der Waals surface area contributed by atoms with Crippen LogP contribution >= 0.6 is 0 Å². The average molecular weight is 357 g/mol. The zero-order valence-corrected chi connectivity index (χ0v) is 13.9. The van der Waals surface area contributed by atoms with E-state index in [9.17, 15) is 13.6 Å². The molecule has 0 saturated carbocycles. The van der Waals surface area contributed by atoms with Gasteiger partial charge in [0.2, 0.25) is 5.91 Å². The summed E-state index contributed by atoms with van der Waals surface area (Å²) in [6.45, 7) is -1.12. The molecule has 7 heteroatoms. The molecule has 134 valence electrons. The Morgan fingerprint density at radius 1 is 1.19 bits per heavy atom. The highest BCUT2D eigenvalue weighted by molar-refractivity contribution is 5.92. The van der Waals surface area contributed by atoms with Gasteiger partial charge in [0.05, 0.1) is 17.1 Å². The Morgan fingerprint density at radius 2 is 1.92 bits per heavy atom. The molecule has 0 radical (unpaired) electrons. The maximum Gasteiger partial charge on any atom is 0.387 e. The molecule has 1 aromatic heterocycles. The molecule has 26 heavy (non-hydrogen) atoms. The van der Waals surface area contributed by atoms with Gasteiger partial charge in [-0.2, -0.15) is 8.78 Å². The zero-order chi connectivity index (χ0) is 18.5. The lowest BCUT2D eigenvalue weighted by Crippen LogP contribution is -2.25. The summed E-state index contributed by atoms with van der Waals surface area (Å²) >= 11 is 0. The first kappa shape index (κ1) is 17.6. The summed E-state index contributed by atoms with van der Waals surface area (Å²) < 4.78 is 29.3. The van der Waals surface area contributed by atoms with Gasteiger partial charge in [-0.15, -0.1) is 0 Å². The van der Waals surface area contributed by atoms with Crippen molar-refractivity contribution in [2.24, 2.45) is 0 Å². The number of alkyl halides is 2. The Hall–Kier alpha value is -3.22. The predicted molar refractivity (Wildman–Crippen MR) is 94.8 cm³/mol. The molecule has 0 fully saturated rings. The van der Waals surface area contributed by atoms with Crippen LogP contribution in [-0.2, 0) is 4.79 Å². The highest BCUT2D eigenvalue weighted by atomic mass is 19.3. The standard InChI is InChI=1S/C19H17F2N3O2/c1-12(18-23-14-7-3-4-8-15(14)24-18)22-17(25)11-10-13-6-2-5-9-16(13)26-19(20)21/h2-12,19H,1H3,(H,22,25)(H,23,24)/b11-10+. The molecule has 0 spiro atoms. The van der Waals surface area contributed by atoms with Crippen LogP contribution in [0.3, 0.4) is 0 Å². The van der Waals surface area contributed by atoms with E-state index >= 15 is 0 Å². The number of H-pyrrole nitrogens is 1. The third-order valence-corrected chi connectivity index (χ3v) is 3.73. The lowest BCUT2D eigenvalue weighted by atomic mass is 10.2. The molecule has 1 unspecified atom stereocenters. The van der Waals surface area contributed by atoms with Crippen LogP contribution in [0.4, 0.5) is 8.78 Å². The highest BCUT2D eigenvalue weighted by Gasteiger charge is 2.12. The molecular weight excluding hydrogens is 340 g/mol. The molecule has 1 heterocycles. The van der Waals surface area contributed by atoms with Crippen molar-refractivity contribution < 1.29 is 18.3 Å². The maximum atomic E-state index is 12.4. The molecule has 2 aromatic carbocycles. The molecule has 0 saturated heterocycles. The number of para-hydroxylation sites is 3. The number of aromatic amines is 1. The molecule has 1 atom stereocenters. The van der Waals surface area contributed by atoms with E-state index in [1.165, 1.54) is 18.2 Å². The van der Waals surface area contributed by atoms with Crippen LogP contribution in [0, 0.1) is 0 Å². The SMILES string of the molecule is CC(NC(=O)/C=C/c1ccccc1OC(F)F)c1nc2ccccc2[nH]1. The van der Waals surface area contributed by atoms with E-state index in [1.807, 2.05) is 24.3 Å². The molecule has 0 aliphatic heterocycles. The van der Waals surface area contributed by atoms with Crippen molar-refractivity contribution in [3.05, 3.63) is 66.0 Å². The van der Waals surface area contributed by atoms with Crippen LogP contribution in [0.2, 0.25) is 0 Å². The second kappa shape index (κ2) is 7.77. The third-order valence-electron chi connectivity index (χ3n) is 3.73. The van der Waals surface area contributed by atoms with Gasteiger partial charge in [-0.3, -0.25) is 4.79 Å². The molecule has 1 amide bonds. The smallest absolute Gasteiger partial charge is 0.387 e. The van der Waals surface area contributed by atoms with Crippen molar-refractivity contribution in [3.8, 4) is 5.75 Å². The lowest BCUT2D eigenvalue weighted by molar-refractivity contribution is -0.117. The number of hydrogen-bond donors (Lipinski definition) is 2. The van der Waals surface area contributed by atoms with Gasteiger partial charge < -0.3 is 15.0 Å². The van der Waals surface area contributed by atoms with Gasteiger partial charge in [0.1, 0.15) is 11.6 Å². The molecule has 0 aliphatic rings. The van der Waals surface area contributed by atoms with Gasteiger partial charge in [-0.25, -0.2) is 4.98 Å². The van der Waals surface area contributed by atoms with Gasteiger partial charge in [-0.1, -0.05) is 30.3 Å². The number of fused-ring (bicyclic) bond motifs is 1. The van der Waals surface area contributed by atoms with Gasteiger partial charge in [0.25, 0.3) is 0 Å². The van der Waals surface area contributed by atoms with Crippen molar-refractivity contribution in [3.63, 3.8) is 0 Å². The Bertz CT molecular complexity index is 904. The summed E-state index contributed by atoms with van der Waals surface area (Å²) in [5, 5.41) is 2.78. The second-order valence-electron chi connectivity index (χ2n) is 5.62. The summed E-state index contributed by atoms with van der Waals surface area (Å²) in [4.78, 5) is 19.7. The number of benzene rings is 2. The van der Waals surface area contributed by atoms with Gasteiger partial charge >= 0.3 is 6.61 Å². The largest absolute Gasteiger partial charge is 0.434 e. The molecule has 5 nitrogen and oxygen atoms in total. The van der Waals surface area contributed by atoms with Crippen LogP contribution < -0.4 is 10.1 Å². The number of amides is 1. The van der Waals surface area contributed by atoms with Gasteiger partial charge in [0, 0.05) is 11.6 Å². The number of ether oxygens (including phenoxy) is 1. The summed E-state index contributed by atoms with van der Waals surface area (Å²) in [5.74, 6) is 0.274. The Labute approximate surface area is 148 Å². The molecule has 0 bridgehead atoms. The van der Waals surface area contributed by atoms with E-state index in [4.69, 9.17) is 0 Å². The first-order valence-corrected chi connectivity index (χ1v) is 8.00. The molecule has 3 aromatic rings. The number of imidazole rings is 1. The van der Waals surface area contributed by atoms with Gasteiger partial charge in [-0.05, 0) is 31.2 Å². The summed E-state index contributed by atoms with van der Waals surface area (Å²) in [5.41, 5.74) is 2.09. The number of nitrogens with one attached hydrogen (secondary N) is 2. The molecule has 2 N–H and O–H groups in total. The number of carbonyl (C=O) groups excluding carboxylic acids is 1. The highest BCUT2D eigenvalue weighted by Crippen LogP contribution is 2.21. The van der Waals surface area contributed by atoms with Crippen molar-refractivity contribution in [2.45, 2.75) is 19.6 Å². The number of carbonyl (C=O) groups is 1. The van der Waals surface area contributed by atoms with E-state index in [-0.39, 0.29) is 17.7 Å². The molecule has 0 aliphatic carbocycles. The number of rotatable bonds is 6. The van der Waals surface area contributed by atoms with E-state index < -0.39 is 6.61 Å². The number of nitrogens with zero attached hydrogens (tertiary/aromatic N) is 1. The Morgan fingerprint density at radius 3 is 2.69 bits per heavy atom.